The molecule has 0 atom stereocenters. The lowest BCUT2D eigenvalue weighted by molar-refractivity contribution is -0.126. The third-order valence-corrected chi connectivity index (χ3v) is 6.97. The van der Waals surface area contributed by atoms with Crippen LogP contribution in [0.15, 0.2) is 18.2 Å². The average molecular weight is 407 g/mol. The molecule has 5 nitrogen and oxygen atoms in total. The van der Waals surface area contributed by atoms with Crippen molar-refractivity contribution in [2.24, 2.45) is 5.92 Å². The fourth-order valence-electron chi connectivity index (χ4n) is 2.86. The first-order chi connectivity index (χ1) is 11.8. The maximum atomic E-state index is 12.6. The molecule has 1 saturated heterocycles. The molecule has 140 valence electrons. The van der Waals surface area contributed by atoms with Crippen molar-refractivity contribution in [1.29, 1.82) is 0 Å². The highest BCUT2D eigenvalue weighted by Crippen LogP contribution is 2.26. The zero-order valence-corrected chi connectivity index (χ0v) is 16.6. The molecule has 1 aliphatic heterocycles. The minimum absolute atomic E-state index is 0.0370. The molecule has 2 rings (SSSR count). The van der Waals surface area contributed by atoms with Crippen LogP contribution in [0.3, 0.4) is 0 Å². The van der Waals surface area contributed by atoms with E-state index in [4.69, 9.17) is 23.2 Å². The molecular formula is C17H24Cl2N2O3S. The van der Waals surface area contributed by atoms with Crippen LogP contribution < -0.4 is 5.32 Å². The highest BCUT2D eigenvalue weighted by atomic mass is 35.5. The minimum Gasteiger partial charge on any atom is -0.356 e. The molecule has 0 radical (unpaired) electrons. The Morgan fingerprint density at radius 1 is 1.24 bits per heavy atom. The van der Waals surface area contributed by atoms with E-state index in [9.17, 15) is 13.2 Å². The summed E-state index contributed by atoms with van der Waals surface area (Å²) in [4.78, 5) is 12.1. The van der Waals surface area contributed by atoms with Crippen LogP contribution >= 0.6 is 23.2 Å². The van der Waals surface area contributed by atoms with E-state index in [0.717, 1.165) is 12.8 Å². The summed E-state index contributed by atoms with van der Waals surface area (Å²) in [5, 5.41) is 3.67. The number of unbranched alkanes of at least 4 members (excludes halogenated alkanes) is 1. The van der Waals surface area contributed by atoms with Crippen LogP contribution in [0.1, 0.15) is 38.2 Å². The van der Waals surface area contributed by atoms with Gasteiger partial charge < -0.3 is 5.32 Å². The van der Waals surface area contributed by atoms with Gasteiger partial charge in [-0.15, -0.1) is 0 Å². The van der Waals surface area contributed by atoms with Crippen LogP contribution in [-0.4, -0.2) is 38.3 Å². The third-order valence-electron chi connectivity index (χ3n) is 4.38. The Bertz CT molecular complexity index is 702. The Labute approximate surface area is 159 Å². The number of hydrogen-bond acceptors (Lipinski definition) is 3. The fraction of sp³-hybridized carbons (Fsp3) is 0.588. The Balaban J connectivity index is 1.90. The van der Waals surface area contributed by atoms with Crippen LogP contribution in [0.5, 0.6) is 0 Å². The van der Waals surface area contributed by atoms with Crippen molar-refractivity contribution in [2.45, 2.75) is 38.4 Å². The number of amides is 1. The zero-order chi connectivity index (χ0) is 18.4. The number of piperidine rings is 1. The quantitative estimate of drug-likeness (QED) is 0.704. The van der Waals surface area contributed by atoms with Crippen LogP contribution in [-0.2, 0) is 20.6 Å². The number of benzene rings is 1. The first kappa shape index (κ1) is 20.5. The van der Waals surface area contributed by atoms with Gasteiger partial charge in [-0.3, -0.25) is 4.79 Å². The van der Waals surface area contributed by atoms with Gasteiger partial charge in [0.15, 0.2) is 0 Å². The molecule has 1 heterocycles. The van der Waals surface area contributed by atoms with Crippen LogP contribution in [0.2, 0.25) is 10.0 Å². The Morgan fingerprint density at radius 2 is 1.92 bits per heavy atom. The highest BCUT2D eigenvalue weighted by Gasteiger charge is 2.31. The number of carbonyl (C=O) groups excluding carboxylic acids is 1. The summed E-state index contributed by atoms with van der Waals surface area (Å²) >= 11 is 11.8. The summed E-state index contributed by atoms with van der Waals surface area (Å²) in [6, 6.07) is 4.84. The lowest BCUT2D eigenvalue weighted by Crippen LogP contribution is -2.43. The van der Waals surface area contributed by atoms with E-state index in [2.05, 4.69) is 12.2 Å². The molecule has 0 spiro atoms. The number of halogens is 2. The number of rotatable bonds is 7. The summed E-state index contributed by atoms with van der Waals surface area (Å²) in [6.07, 6.45) is 3.10. The fourth-order valence-corrected chi connectivity index (χ4v) is 4.73. The summed E-state index contributed by atoms with van der Waals surface area (Å²) in [5.41, 5.74) is 0.605. The monoisotopic (exact) mass is 406 g/mol. The minimum atomic E-state index is -3.44. The maximum absolute atomic E-state index is 12.6. The van der Waals surface area contributed by atoms with E-state index in [1.165, 1.54) is 4.31 Å². The second-order valence-corrected chi connectivity index (χ2v) is 9.11. The molecule has 0 aromatic heterocycles. The van der Waals surface area contributed by atoms with Crippen LogP contribution in [0.4, 0.5) is 0 Å². The van der Waals surface area contributed by atoms with Crippen molar-refractivity contribution in [3.8, 4) is 0 Å². The van der Waals surface area contributed by atoms with Crippen LogP contribution in [0, 0.1) is 5.92 Å². The molecule has 0 bridgehead atoms. The number of sulfonamides is 1. The third kappa shape index (κ3) is 5.84. The summed E-state index contributed by atoms with van der Waals surface area (Å²) < 4.78 is 26.6. The van der Waals surface area contributed by atoms with Gasteiger partial charge in [-0.05, 0) is 37.0 Å². The van der Waals surface area contributed by atoms with Gasteiger partial charge in [0.25, 0.3) is 0 Å². The van der Waals surface area contributed by atoms with E-state index in [1.54, 1.807) is 18.2 Å². The standard InChI is InChI=1S/C17H24Cl2N2O3S/c1-2-3-8-20-17(22)14-6-9-21(10-7-14)25(23,24)12-13-4-5-15(18)16(19)11-13/h4-5,11,14H,2-3,6-10,12H2,1H3,(H,20,22). The van der Waals surface area contributed by atoms with Gasteiger partial charge in [-0.25, -0.2) is 12.7 Å². The van der Waals surface area contributed by atoms with E-state index >= 15 is 0 Å². The molecular weight excluding hydrogens is 383 g/mol. The predicted octanol–water partition coefficient (Wildman–Crippen LogP) is 3.45. The first-order valence-corrected chi connectivity index (χ1v) is 10.9. The number of hydrogen-bond donors (Lipinski definition) is 1. The van der Waals surface area contributed by atoms with Gasteiger partial charge in [0, 0.05) is 25.6 Å². The zero-order valence-electron chi connectivity index (χ0n) is 14.3. The average Bonchev–Trinajstić information content (AvgIpc) is 2.58. The van der Waals surface area contributed by atoms with E-state index < -0.39 is 10.0 Å². The molecule has 0 saturated carbocycles. The summed E-state index contributed by atoms with van der Waals surface area (Å²) in [6.45, 7) is 3.50. The Kier molecular flexibility index (Phi) is 7.55. The van der Waals surface area contributed by atoms with Crippen LogP contribution in [0.25, 0.3) is 0 Å². The number of nitrogens with one attached hydrogen (secondary N) is 1. The van der Waals surface area contributed by atoms with E-state index in [0.29, 0.717) is 48.1 Å². The molecule has 1 fully saturated rings. The van der Waals surface area contributed by atoms with Crippen molar-refractivity contribution in [3.05, 3.63) is 33.8 Å². The van der Waals surface area contributed by atoms with Gasteiger partial charge in [0.05, 0.1) is 15.8 Å². The topological polar surface area (TPSA) is 66.5 Å². The second-order valence-electron chi connectivity index (χ2n) is 6.32. The Morgan fingerprint density at radius 3 is 2.52 bits per heavy atom. The van der Waals surface area contributed by atoms with Gasteiger partial charge in [0.1, 0.15) is 0 Å². The van der Waals surface area contributed by atoms with Crippen molar-refractivity contribution in [1.82, 2.24) is 9.62 Å². The smallest absolute Gasteiger partial charge is 0.223 e. The van der Waals surface area contributed by atoms with Crippen molar-refractivity contribution < 1.29 is 13.2 Å². The Hall–Kier alpha value is -0.820. The molecule has 1 amide bonds. The lowest BCUT2D eigenvalue weighted by Gasteiger charge is -2.30. The molecule has 1 N–H and O–H groups in total. The van der Waals surface area contributed by atoms with Crippen molar-refractivity contribution >= 4 is 39.1 Å². The maximum Gasteiger partial charge on any atom is 0.223 e. The molecule has 0 unspecified atom stereocenters. The van der Waals surface area contributed by atoms with Gasteiger partial charge in [0.2, 0.25) is 15.9 Å². The first-order valence-electron chi connectivity index (χ1n) is 8.53. The van der Waals surface area contributed by atoms with Gasteiger partial charge in [-0.1, -0.05) is 42.6 Å². The normalized spacial score (nSPS) is 16.8. The predicted molar refractivity (Wildman–Crippen MR) is 101 cm³/mol. The van der Waals surface area contributed by atoms with Gasteiger partial charge >= 0.3 is 0 Å². The van der Waals surface area contributed by atoms with Crippen molar-refractivity contribution in [2.75, 3.05) is 19.6 Å². The number of carbonyl (C=O) groups is 1. The SMILES string of the molecule is CCCCNC(=O)C1CCN(S(=O)(=O)Cc2ccc(Cl)c(Cl)c2)CC1. The molecule has 25 heavy (non-hydrogen) atoms. The second kappa shape index (κ2) is 9.21. The molecule has 1 aliphatic rings. The molecule has 1 aromatic carbocycles. The number of nitrogens with zero attached hydrogens (tertiary/aromatic N) is 1. The lowest BCUT2D eigenvalue weighted by atomic mass is 9.97. The van der Waals surface area contributed by atoms with E-state index in [-0.39, 0.29) is 17.6 Å². The molecule has 8 heteroatoms. The van der Waals surface area contributed by atoms with Crippen molar-refractivity contribution in [3.63, 3.8) is 0 Å². The largest absolute Gasteiger partial charge is 0.356 e. The van der Waals surface area contributed by atoms with Gasteiger partial charge in [-0.2, -0.15) is 0 Å². The molecule has 0 aliphatic carbocycles. The molecule has 1 aromatic rings. The van der Waals surface area contributed by atoms with E-state index in [1.807, 2.05) is 0 Å². The summed E-state index contributed by atoms with van der Waals surface area (Å²) in [5.74, 6) is -0.180. The summed E-state index contributed by atoms with van der Waals surface area (Å²) in [7, 11) is -3.44. The highest BCUT2D eigenvalue weighted by molar-refractivity contribution is 7.88.